The first-order chi connectivity index (χ1) is 9.41. The van der Waals surface area contributed by atoms with E-state index in [9.17, 15) is 4.79 Å². The summed E-state index contributed by atoms with van der Waals surface area (Å²) in [6.45, 7) is 5.48. The average Bonchev–Trinajstić information content (AvgIpc) is 2.68. The molecule has 0 unspecified atom stereocenters. The number of rotatable bonds is 3. The zero-order chi connectivity index (χ0) is 14.9. The first-order valence-corrected chi connectivity index (χ1v) is 6.80. The maximum atomic E-state index is 12.1. The van der Waals surface area contributed by atoms with Gasteiger partial charge < -0.3 is 4.74 Å². The van der Waals surface area contributed by atoms with Crippen LogP contribution in [-0.2, 0) is 0 Å². The Labute approximate surface area is 127 Å². The molecule has 0 atom stereocenters. The molecule has 0 aliphatic rings. The number of halogens is 2. The monoisotopic (exact) mass is 312 g/mol. The van der Waals surface area contributed by atoms with Gasteiger partial charge in [-0.15, -0.1) is 0 Å². The van der Waals surface area contributed by atoms with Crippen LogP contribution in [0, 0.1) is 20.8 Å². The highest BCUT2D eigenvalue weighted by Crippen LogP contribution is 2.31. The van der Waals surface area contributed by atoms with Crippen molar-refractivity contribution in [3.05, 3.63) is 45.2 Å². The van der Waals surface area contributed by atoms with Gasteiger partial charge in [0.1, 0.15) is 10.8 Å². The smallest absolute Gasteiger partial charge is 0.284 e. The van der Waals surface area contributed by atoms with E-state index < -0.39 is 0 Å². The minimum absolute atomic E-state index is 0.151. The van der Waals surface area contributed by atoms with Gasteiger partial charge in [0.15, 0.2) is 6.61 Å². The number of aryl methyl sites for hydroxylation is 1. The third-order valence-electron chi connectivity index (χ3n) is 3.16. The lowest BCUT2D eigenvalue weighted by Crippen LogP contribution is -2.21. The number of nitrogens with zero attached hydrogens (tertiary/aromatic N) is 2. The van der Waals surface area contributed by atoms with Gasteiger partial charge in [0.05, 0.1) is 10.7 Å². The zero-order valence-corrected chi connectivity index (χ0v) is 12.9. The van der Waals surface area contributed by atoms with Crippen molar-refractivity contribution >= 4 is 29.1 Å². The summed E-state index contributed by atoms with van der Waals surface area (Å²) in [6.07, 6.45) is 0. The van der Waals surface area contributed by atoms with Crippen LogP contribution in [0.25, 0.3) is 0 Å². The minimum Gasteiger partial charge on any atom is -0.482 e. The Hall–Kier alpha value is -1.52. The predicted molar refractivity (Wildman–Crippen MR) is 79.0 cm³/mol. The number of hydrogen-bond acceptors (Lipinski definition) is 3. The molecular formula is C14H14Cl2N2O2. The number of benzene rings is 1. The fourth-order valence-corrected chi connectivity index (χ4v) is 2.11. The lowest BCUT2D eigenvalue weighted by atomic mass is 10.2. The quantitative estimate of drug-likeness (QED) is 0.865. The zero-order valence-electron chi connectivity index (χ0n) is 11.4. The van der Waals surface area contributed by atoms with E-state index in [0.29, 0.717) is 15.8 Å². The first-order valence-electron chi connectivity index (χ1n) is 6.04. The van der Waals surface area contributed by atoms with E-state index in [2.05, 4.69) is 5.10 Å². The van der Waals surface area contributed by atoms with E-state index in [4.69, 9.17) is 27.9 Å². The molecule has 0 aliphatic carbocycles. The van der Waals surface area contributed by atoms with Crippen LogP contribution in [0.4, 0.5) is 0 Å². The van der Waals surface area contributed by atoms with E-state index in [-0.39, 0.29) is 12.5 Å². The molecule has 0 radical (unpaired) electrons. The van der Waals surface area contributed by atoms with Crippen LogP contribution in [0.15, 0.2) is 18.2 Å². The van der Waals surface area contributed by atoms with Crippen LogP contribution in [0.1, 0.15) is 21.7 Å². The summed E-state index contributed by atoms with van der Waals surface area (Å²) in [6, 6.07) is 5.03. The second-order valence-corrected chi connectivity index (χ2v) is 5.23. The third kappa shape index (κ3) is 2.81. The number of aromatic nitrogens is 2. The van der Waals surface area contributed by atoms with Crippen LogP contribution >= 0.6 is 23.2 Å². The molecule has 0 amide bonds. The van der Waals surface area contributed by atoms with Crippen LogP contribution in [0.2, 0.25) is 10.0 Å². The van der Waals surface area contributed by atoms with E-state index in [1.807, 2.05) is 20.8 Å². The Morgan fingerprint density at radius 1 is 1.30 bits per heavy atom. The Balaban J connectivity index is 2.13. The molecule has 1 aromatic carbocycles. The van der Waals surface area contributed by atoms with E-state index in [1.165, 1.54) is 4.68 Å². The van der Waals surface area contributed by atoms with Crippen molar-refractivity contribution in [1.29, 1.82) is 0 Å². The highest BCUT2D eigenvalue weighted by atomic mass is 35.5. The predicted octanol–water partition coefficient (Wildman–Crippen LogP) is 3.83. The molecule has 2 rings (SSSR count). The van der Waals surface area contributed by atoms with Crippen molar-refractivity contribution < 1.29 is 9.53 Å². The van der Waals surface area contributed by atoms with Gasteiger partial charge in [0.25, 0.3) is 5.91 Å². The maximum Gasteiger partial charge on any atom is 0.284 e. The summed E-state index contributed by atoms with van der Waals surface area (Å²) in [5.74, 6) is 0.125. The Bertz CT molecular complexity index is 665. The van der Waals surface area contributed by atoms with Crippen molar-refractivity contribution in [3.8, 4) is 5.75 Å². The lowest BCUT2D eigenvalue weighted by molar-refractivity contribution is 0.0818. The molecule has 2 aromatic rings. The SMILES string of the molecule is Cc1nn(C(=O)COc2cccc(Cl)c2Cl)c(C)c1C. The van der Waals surface area contributed by atoms with Gasteiger partial charge in [-0.2, -0.15) is 5.10 Å². The maximum absolute atomic E-state index is 12.1. The van der Waals surface area contributed by atoms with Gasteiger partial charge >= 0.3 is 0 Å². The summed E-state index contributed by atoms with van der Waals surface area (Å²) in [7, 11) is 0. The van der Waals surface area contributed by atoms with E-state index in [1.54, 1.807) is 18.2 Å². The molecule has 0 spiro atoms. The summed E-state index contributed by atoms with van der Waals surface area (Å²) < 4.78 is 6.76. The first kappa shape index (κ1) is 14.9. The molecule has 4 nitrogen and oxygen atoms in total. The van der Waals surface area contributed by atoms with Gasteiger partial charge in [0.2, 0.25) is 0 Å². The molecule has 20 heavy (non-hydrogen) atoms. The normalized spacial score (nSPS) is 10.7. The molecule has 0 saturated carbocycles. The van der Waals surface area contributed by atoms with Crippen LogP contribution in [0.5, 0.6) is 5.75 Å². The Kier molecular flexibility index (Phi) is 4.35. The van der Waals surface area contributed by atoms with Crippen LogP contribution in [-0.4, -0.2) is 22.3 Å². The average molecular weight is 313 g/mol. The molecular weight excluding hydrogens is 299 g/mol. The molecule has 0 saturated heterocycles. The van der Waals surface area contributed by atoms with Gasteiger partial charge in [-0.25, -0.2) is 4.68 Å². The van der Waals surface area contributed by atoms with Crippen LogP contribution < -0.4 is 4.74 Å². The summed E-state index contributed by atoms with van der Waals surface area (Å²) in [5, 5.41) is 4.88. The lowest BCUT2D eigenvalue weighted by Gasteiger charge is -2.08. The molecule has 6 heteroatoms. The van der Waals surface area contributed by atoms with Gasteiger partial charge in [-0.1, -0.05) is 29.3 Å². The van der Waals surface area contributed by atoms with E-state index >= 15 is 0 Å². The van der Waals surface area contributed by atoms with Crippen molar-refractivity contribution in [3.63, 3.8) is 0 Å². The topological polar surface area (TPSA) is 44.1 Å². The van der Waals surface area contributed by atoms with Crippen molar-refractivity contribution in [2.45, 2.75) is 20.8 Å². The Morgan fingerprint density at radius 3 is 2.60 bits per heavy atom. The minimum atomic E-state index is -0.255. The van der Waals surface area contributed by atoms with Gasteiger partial charge in [-0.05, 0) is 38.5 Å². The fourth-order valence-electron chi connectivity index (χ4n) is 1.76. The fraction of sp³-hybridized carbons (Fsp3) is 0.286. The van der Waals surface area contributed by atoms with E-state index in [0.717, 1.165) is 17.0 Å². The highest BCUT2D eigenvalue weighted by molar-refractivity contribution is 6.42. The largest absolute Gasteiger partial charge is 0.482 e. The molecule has 0 N–H and O–H groups in total. The standard InChI is InChI=1S/C14H14Cl2N2O2/c1-8-9(2)17-18(10(8)3)13(19)7-20-12-6-4-5-11(15)14(12)16/h4-6H,7H2,1-3H3. The van der Waals surface area contributed by atoms with Crippen LogP contribution in [0.3, 0.4) is 0 Å². The number of ether oxygens (including phenoxy) is 1. The molecule has 0 aliphatic heterocycles. The summed E-state index contributed by atoms with van der Waals surface area (Å²) >= 11 is 11.9. The second-order valence-electron chi connectivity index (χ2n) is 4.44. The van der Waals surface area contributed by atoms with Crippen molar-refractivity contribution in [2.24, 2.45) is 0 Å². The second kappa shape index (κ2) is 5.85. The molecule has 106 valence electrons. The summed E-state index contributed by atoms with van der Waals surface area (Å²) in [4.78, 5) is 12.1. The molecule has 1 aromatic heterocycles. The van der Waals surface area contributed by atoms with Gasteiger partial charge in [0, 0.05) is 5.69 Å². The number of hydrogen-bond donors (Lipinski definition) is 0. The van der Waals surface area contributed by atoms with Crippen molar-refractivity contribution in [2.75, 3.05) is 6.61 Å². The highest BCUT2D eigenvalue weighted by Gasteiger charge is 2.15. The molecule has 0 bridgehead atoms. The summed E-state index contributed by atoms with van der Waals surface area (Å²) in [5.41, 5.74) is 2.64. The molecule has 0 fully saturated rings. The number of carbonyl (C=O) groups is 1. The third-order valence-corrected chi connectivity index (χ3v) is 3.96. The van der Waals surface area contributed by atoms with Crippen molar-refractivity contribution in [1.82, 2.24) is 9.78 Å². The molecule has 1 heterocycles. The van der Waals surface area contributed by atoms with Gasteiger partial charge in [-0.3, -0.25) is 4.79 Å². The Morgan fingerprint density at radius 2 is 2.00 bits per heavy atom. The number of carbonyl (C=O) groups excluding carboxylic acids is 1.